The third kappa shape index (κ3) is 14.2. The average Bonchev–Trinajstić information content (AvgIpc) is 0.719. The number of aryl methyl sites for hydroxylation is 4. The highest BCUT2D eigenvalue weighted by Gasteiger charge is 2.30. The van der Waals surface area contributed by atoms with E-state index in [0.717, 1.165) is 0 Å². The second-order valence-corrected chi connectivity index (χ2v) is 27.7. The maximum Gasteiger partial charge on any atom is -0.00139 e. The van der Waals surface area contributed by atoms with Gasteiger partial charge in [-0.05, 0) is 201 Å². The van der Waals surface area contributed by atoms with Gasteiger partial charge in [0.2, 0.25) is 0 Å². The van der Waals surface area contributed by atoms with Crippen molar-refractivity contribution in [2.75, 3.05) is 0 Å². The standard InChI is InChI=1S/C56H42.C50H38/c1-39-23-27-41(28-24-39)43-31-35-49(36-32-43)55-51(45-15-7-3-8-16-45)53(47-19-11-5-12-20-47)56(50-37-33-44(34-38-50)42-29-25-40(2)26-30-42)54(48-21-13-6-14-22-48)52(55)46-17-9-4-10-18-46;1-35-18-22-37(23-19-35)39-26-30-42(31-27-39)47-34-46(41-12-6-3-7-13-41)49(45-32-28-40(29-33-45)38-24-20-36(2)21-25-38)50(44-16-10-5-11-17-44)48(47)43-14-8-4-9-15-43/h3-38H,1-2H3;3-34H,1-2H3. The number of rotatable bonds is 15. The molecule has 17 aromatic carbocycles. The van der Waals surface area contributed by atoms with Gasteiger partial charge in [-0.3, -0.25) is 0 Å². The molecule has 0 aliphatic rings. The topological polar surface area (TPSA) is 0 Å². The van der Waals surface area contributed by atoms with Crippen LogP contribution < -0.4 is 0 Å². The van der Waals surface area contributed by atoms with E-state index in [1.807, 2.05) is 0 Å². The first-order chi connectivity index (χ1) is 52.2. The maximum absolute atomic E-state index is 2.42. The van der Waals surface area contributed by atoms with Crippen molar-refractivity contribution in [3.05, 3.63) is 435 Å². The normalized spacial score (nSPS) is 11.0. The van der Waals surface area contributed by atoms with Crippen LogP contribution in [-0.4, -0.2) is 0 Å². The molecule has 0 spiro atoms. The molecule has 0 aliphatic carbocycles. The summed E-state index contributed by atoms with van der Waals surface area (Å²) in [6.45, 7) is 8.55. The molecule has 0 saturated carbocycles. The summed E-state index contributed by atoms with van der Waals surface area (Å²) in [4.78, 5) is 0. The molecule has 0 nitrogen and oxygen atoms in total. The van der Waals surface area contributed by atoms with Crippen molar-refractivity contribution in [2.24, 2.45) is 0 Å². The van der Waals surface area contributed by atoms with Gasteiger partial charge in [0.25, 0.3) is 0 Å². The van der Waals surface area contributed by atoms with Gasteiger partial charge in [-0.25, -0.2) is 0 Å². The summed E-state index contributed by atoms with van der Waals surface area (Å²) in [7, 11) is 0. The Kier molecular flexibility index (Phi) is 19.5. The lowest BCUT2D eigenvalue weighted by molar-refractivity contribution is 1.47. The fraction of sp³-hybridized carbons (Fsp3) is 0.0377. The van der Waals surface area contributed by atoms with E-state index in [0.29, 0.717) is 0 Å². The number of benzene rings is 17. The van der Waals surface area contributed by atoms with Crippen LogP contribution in [0.15, 0.2) is 413 Å². The molecule has 0 heterocycles. The van der Waals surface area contributed by atoms with Crippen LogP contribution >= 0.6 is 0 Å². The molecule has 0 amide bonds. The molecule has 0 N–H and O–H groups in total. The first kappa shape index (κ1) is 67.2. The summed E-state index contributed by atoms with van der Waals surface area (Å²) in [6, 6.07) is 151. The van der Waals surface area contributed by atoms with Gasteiger partial charge in [-0.2, -0.15) is 0 Å². The first-order valence-electron chi connectivity index (χ1n) is 36.8. The molecular formula is C106H80. The summed E-state index contributed by atoms with van der Waals surface area (Å²) in [5.74, 6) is 0. The smallest absolute Gasteiger partial charge is 0.00139 e. The lowest BCUT2D eigenvalue weighted by Gasteiger charge is -2.29. The zero-order valence-electron chi connectivity index (χ0n) is 60.3. The SMILES string of the molecule is Cc1ccc(-c2ccc(-c3c(-c4ccccc4)c(-c4ccccc4)c(-c4ccc(-c5ccc(C)cc5)cc4)c(-c4ccccc4)c3-c3ccccc3)cc2)cc1.Cc1ccc(-c2ccc(-c3cc(-c4ccccc4)c(-c4ccc(-c5ccc(C)cc5)cc4)c(-c4ccccc4)c3-c3ccccc3)cc2)cc1. The van der Waals surface area contributed by atoms with Crippen LogP contribution in [-0.2, 0) is 0 Å². The average molecular weight is 1350 g/mol. The molecular weight excluding hydrogens is 1270 g/mol. The fourth-order valence-electron chi connectivity index (χ4n) is 15.1. The van der Waals surface area contributed by atoms with Crippen LogP contribution in [0, 0.1) is 27.7 Å². The van der Waals surface area contributed by atoms with Crippen molar-refractivity contribution in [1.29, 1.82) is 0 Å². The van der Waals surface area contributed by atoms with Crippen molar-refractivity contribution >= 4 is 0 Å². The molecule has 504 valence electrons. The molecule has 0 fully saturated rings. The summed E-state index contributed by atoms with van der Waals surface area (Å²) >= 11 is 0. The third-order valence-electron chi connectivity index (χ3n) is 20.5. The first-order valence-corrected chi connectivity index (χ1v) is 36.8. The van der Waals surface area contributed by atoms with Gasteiger partial charge in [0.05, 0.1) is 0 Å². The predicted molar refractivity (Wildman–Crippen MR) is 453 cm³/mol. The van der Waals surface area contributed by atoms with Gasteiger partial charge < -0.3 is 0 Å². The molecule has 0 bridgehead atoms. The number of hydrogen-bond donors (Lipinski definition) is 0. The highest BCUT2D eigenvalue weighted by molar-refractivity contribution is 6.15. The maximum atomic E-state index is 2.42. The van der Waals surface area contributed by atoms with Gasteiger partial charge in [0, 0.05) is 0 Å². The van der Waals surface area contributed by atoms with Crippen LogP contribution in [0.25, 0.3) is 167 Å². The van der Waals surface area contributed by atoms with Crippen LogP contribution in [0.5, 0.6) is 0 Å². The monoisotopic (exact) mass is 1350 g/mol. The van der Waals surface area contributed by atoms with Crippen molar-refractivity contribution in [1.82, 2.24) is 0 Å². The van der Waals surface area contributed by atoms with Gasteiger partial charge in [0.1, 0.15) is 0 Å². The molecule has 0 unspecified atom stereocenters. The minimum atomic E-state index is 1.18. The minimum Gasteiger partial charge on any atom is -0.0622 e. The molecule has 17 rings (SSSR count). The number of hydrogen-bond acceptors (Lipinski definition) is 0. The quantitative estimate of drug-likeness (QED) is 0.0960. The highest BCUT2D eigenvalue weighted by atomic mass is 14.3. The van der Waals surface area contributed by atoms with E-state index in [1.54, 1.807) is 0 Å². The van der Waals surface area contributed by atoms with E-state index in [9.17, 15) is 0 Å². The van der Waals surface area contributed by atoms with Crippen molar-refractivity contribution in [2.45, 2.75) is 27.7 Å². The lowest BCUT2D eigenvalue weighted by Crippen LogP contribution is -2.02. The molecule has 0 aromatic heterocycles. The fourth-order valence-corrected chi connectivity index (χ4v) is 15.1. The van der Waals surface area contributed by atoms with Crippen molar-refractivity contribution < 1.29 is 0 Å². The van der Waals surface area contributed by atoms with Gasteiger partial charge in [-0.15, -0.1) is 0 Å². The Balaban J connectivity index is 0.000000164. The second kappa shape index (κ2) is 30.7. The summed E-state index contributed by atoms with van der Waals surface area (Å²) in [6.07, 6.45) is 0. The molecule has 0 heteroatoms. The Morgan fingerprint density at radius 1 is 0.104 bits per heavy atom. The summed E-state index contributed by atoms with van der Waals surface area (Å²) in [5.41, 5.74) is 41.2. The van der Waals surface area contributed by atoms with E-state index in [1.165, 1.54) is 189 Å². The van der Waals surface area contributed by atoms with Gasteiger partial charge >= 0.3 is 0 Å². The Hall–Kier alpha value is -13.3. The molecule has 0 atom stereocenters. The van der Waals surface area contributed by atoms with Gasteiger partial charge in [0.15, 0.2) is 0 Å². The predicted octanol–water partition coefficient (Wildman–Crippen LogP) is 29.6. The van der Waals surface area contributed by atoms with Crippen LogP contribution in [0.1, 0.15) is 22.3 Å². The van der Waals surface area contributed by atoms with Crippen LogP contribution in [0.4, 0.5) is 0 Å². The third-order valence-corrected chi connectivity index (χ3v) is 20.5. The summed E-state index contributed by atoms with van der Waals surface area (Å²) in [5, 5.41) is 0. The molecule has 17 aromatic rings. The van der Waals surface area contributed by atoms with E-state index in [4.69, 9.17) is 0 Å². The Bertz CT molecular complexity index is 5500. The van der Waals surface area contributed by atoms with E-state index >= 15 is 0 Å². The highest BCUT2D eigenvalue weighted by Crippen LogP contribution is 2.57. The molecule has 106 heavy (non-hydrogen) atoms. The zero-order chi connectivity index (χ0) is 71.7. The molecule has 0 saturated heterocycles. The largest absolute Gasteiger partial charge is 0.0622 e. The Morgan fingerprint density at radius 3 is 0.434 bits per heavy atom. The molecule has 0 aliphatic heterocycles. The minimum absolute atomic E-state index is 1.18. The van der Waals surface area contributed by atoms with E-state index in [2.05, 4.69) is 440 Å². The Labute approximate surface area is 625 Å². The van der Waals surface area contributed by atoms with Gasteiger partial charge in [-0.1, -0.05) is 429 Å². The second-order valence-electron chi connectivity index (χ2n) is 27.7. The van der Waals surface area contributed by atoms with E-state index < -0.39 is 0 Å². The zero-order valence-corrected chi connectivity index (χ0v) is 60.3. The summed E-state index contributed by atoms with van der Waals surface area (Å²) < 4.78 is 0. The van der Waals surface area contributed by atoms with E-state index in [-0.39, 0.29) is 0 Å². The van der Waals surface area contributed by atoms with Crippen molar-refractivity contribution in [3.8, 4) is 167 Å². The van der Waals surface area contributed by atoms with Crippen LogP contribution in [0.3, 0.4) is 0 Å². The molecule has 0 radical (unpaired) electrons. The Morgan fingerprint density at radius 2 is 0.226 bits per heavy atom. The van der Waals surface area contributed by atoms with Crippen molar-refractivity contribution in [3.63, 3.8) is 0 Å². The van der Waals surface area contributed by atoms with Crippen LogP contribution in [0.2, 0.25) is 0 Å². The lowest BCUT2D eigenvalue weighted by atomic mass is 9.74.